The van der Waals surface area contributed by atoms with Gasteiger partial charge >= 0.3 is 0 Å². The molecule has 2 rings (SSSR count). The Morgan fingerprint density at radius 3 is 2.93 bits per heavy atom. The molecule has 2 heterocycles. The minimum absolute atomic E-state index is 0.568. The van der Waals surface area contributed by atoms with Gasteiger partial charge in [0, 0.05) is 29.7 Å². The van der Waals surface area contributed by atoms with Gasteiger partial charge in [0.15, 0.2) is 0 Å². The molecule has 2 unspecified atom stereocenters. The van der Waals surface area contributed by atoms with Gasteiger partial charge in [-0.25, -0.2) is 9.97 Å². The van der Waals surface area contributed by atoms with Gasteiger partial charge in [0.05, 0.1) is 0 Å². The first kappa shape index (κ1) is 10.9. The van der Waals surface area contributed by atoms with E-state index in [9.17, 15) is 0 Å². The molecule has 82 valence electrons. The summed E-state index contributed by atoms with van der Waals surface area (Å²) in [7, 11) is 0. The van der Waals surface area contributed by atoms with Gasteiger partial charge in [-0.2, -0.15) is 0 Å². The van der Waals surface area contributed by atoms with Crippen molar-refractivity contribution < 1.29 is 0 Å². The summed E-state index contributed by atoms with van der Waals surface area (Å²) in [6.07, 6.45) is 2.90. The fourth-order valence-electron chi connectivity index (χ4n) is 2.13. The normalized spacial score (nSPS) is 25.9. The zero-order chi connectivity index (χ0) is 10.8. The predicted molar refractivity (Wildman–Crippen MR) is 65.5 cm³/mol. The van der Waals surface area contributed by atoms with E-state index < -0.39 is 0 Å². The van der Waals surface area contributed by atoms with Crippen molar-refractivity contribution in [3.8, 4) is 0 Å². The molecule has 2 atom stereocenters. The number of halogens is 1. The maximum Gasteiger partial charge on any atom is 0.132 e. The van der Waals surface area contributed by atoms with E-state index in [1.165, 1.54) is 6.42 Å². The first-order chi connectivity index (χ1) is 7.22. The molecular formula is C11H16BrN3. The molecule has 1 aliphatic rings. The largest absolute Gasteiger partial charge is 0.353 e. The Labute approximate surface area is 99.0 Å². The van der Waals surface area contributed by atoms with Gasteiger partial charge in [0.2, 0.25) is 0 Å². The summed E-state index contributed by atoms with van der Waals surface area (Å²) in [5, 5.41) is 1.08. The van der Waals surface area contributed by atoms with Gasteiger partial charge < -0.3 is 4.90 Å². The maximum absolute atomic E-state index is 4.34. The number of aryl methyl sites for hydroxylation is 1. The van der Waals surface area contributed by atoms with Gasteiger partial charge in [0.25, 0.3) is 0 Å². The molecule has 0 aromatic carbocycles. The van der Waals surface area contributed by atoms with Crippen LogP contribution in [-0.2, 0) is 0 Å². The van der Waals surface area contributed by atoms with Crippen LogP contribution >= 0.6 is 15.9 Å². The smallest absolute Gasteiger partial charge is 0.132 e. The zero-order valence-electron chi connectivity index (χ0n) is 9.15. The molecule has 0 N–H and O–H groups in total. The van der Waals surface area contributed by atoms with Crippen LogP contribution < -0.4 is 4.90 Å². The summed E-state index contributed by atoms with van der Waals surface area (Å²) in [4.78, 5) is 10.8. The van der Waals surface area contributed by atoms with Crippen molar-refractivity contribution in [3.63, 3.8) is 0 Å². The van der Waals surface area contributed by atoms with Crippen LogP contribution in [0.25, 0.3) is 0 Å². The van der Waals surface area contributed by atoms with E-state index >= 15 is 0 Å². The molecule has 1 aromatic rings. The van der Waals surface area contributed by atoms with Crippen molar-refractivity contribution >= 4 is 21.7 Å². The molecule has 0 amide bonds. The molecule has 1 fully saturated rings. The van der Waals surface area contributed by atoms with Gasteiger partial charge in [-0.1, -0.05) is 15.9 Å². The molecule has 0 spiro atoms. The molecule has 4 heteroatoms. The monoisotopic (exact) mass is 269 g/mol. The van der Waals surface area contributed by atoms with E-state index in [4.69, 9.17) is 0 Å². The topological polar surface area (TPSA) is 29.0 Å². The molecule has 0 radical (unpaired) electrons. The summed E-state index contributed by atoms with van der Waals surface area (Å²) in [6, 6.07) is 2.63. The summed E-state index contributed by atoms with van der Waals surface area (Å²) in [6.45, 7) is 5.39. The first-order valence-electron chi connectivity index (χ1n) is 5.33. The molecule has 0 bridgehead atoms. The number of alkyl halides is 1. The second-order valence-corrected chi connectivity index (χ2v) is 4.80. The average molecular weight is 270 g/mol. The average Bonchev–Trinajstić information content (AvgIpc) is 2.59. The molecular weight excluding hydrogens is 254 g/mol. The van der Waals surface area contributed by atoms with Gasteiger partial charge in [-0.05, 0) is 26.2 Å². The maximum atomic E-state index is 4.34. The number of hydrogen-bond acceptors (Lipinski definition) is 3. The van der Waals surface area contributed by atoms with Crippen molar-refractivity contribution in [2.75, 3.05) is 16.8 Å². The third kappa shape index (κ3) is 2.14. The summed E-state index contributed by atoms with van der Waals surface area (Å²) in [5.74, 6) is 1.80. The number of anilines is 1. The summed E-state index contributed by atoms with van der Waals surface area (Å²) in [5.41, 5.74) is 1.04. The lowest BCUT2D eigenvalue weighted by molar-refractivity contribution is 0.556. The Balaban J connectivity index is 2.18. The van der Waals surface area contributed by atoms with E-state index in [1.54, 1.807) is 6.33 Å². The lowest BCUT2D eigenvalue weighted by Gasteiger charge is -2.25. The van der Waals surface area contributed by atoms with Crippen molar-refractivity contribution in [3.05, 3.63) is 18.1 Å². The van der Waals surface area contributed by atoms with Crippen LogP contribution in [0.5, 0.6) is 0 Å². The van der Waals surface area contributed by atoms with E-state index in [-0.39, 0.29) is 0 Å². The van der Waals surface area contributed by atoms with E-state index in [1.807, 2.05) is 6.92 Å². The molecule has 1 aliphatic heterocycles. The highest BCUT2D eigenvalue weighted by atomic mass is 79.9. The summed E-state index contributed by atoms with van der Waals surface area (Å²) < 4.78 is 0. The van der Waals surface area contributed by atoms with E-state index in [0.717, 1.165) is 29.3 Å². The first-order valence-corrected chi connectivity index (χ1v) is 6.45. The van der Waals surface area contributed by atoms with Crippen LogP contribution in [0.1, 0.15) is 19.0 Å². The molecule has 0 aliphatic carbocycles. The quantitative estimate of drug-likeness (QED) is 0.773. The SMILES string of the molecule is Cc1cc(N2CCC(CBr)C2C)ncn1. The molecule has 1 saturated heterocycles. The molecule has 0 saturated carbocycles. The Morgan fingerprint density at radius 1 is 1.53 bits per heavy atom. The molecule has 1 aromatic heterocycles. The van der Waals surface area contributed by atoms with Gasteiger partial charge in [-0.15, -0.1) is 0 Å². The van der Waals surface area contributed by atoms with Gasteiger partial charge in [-0.3, -0.25) is 0 Å². The van der Waals surface area contributed by atoms with Crippen molar-refractivity contribution in [1.82, 2.24) is 9.97 Å². The van der Waals surface area contributed by atoms with Crippen LogP contribution in [0.2, 0.25) is 0 Å². The second-order valence-electron chi connectivity index (χ2n) is 4.15. The number of nitrogens with zero attached hydrogens (tertiary/aromatic N) is 3. The highest BCUT2D eigenvalue weighted by Crippen LogP contribution is 2.29. The van der Waals surface area contributed by atoms with Crippen molar-refractivity contribution in [1.29, 1.82) is 0 Å². The van der Waals surface area contributed by atoms with Crippen LogP contribution in [0, 0.1) is 12.8 Å². The standard InChI is InChI=1S/C11H16BrN3/c1-8-5-11(14-7-13-8)15-4-3-10(6-12)9(15)2/h5,7,9-10H,3-4,6H2,1-2H3. The van der Waals surface area contributed by atoms with E-state index in [2.05, 4.69) is 43.8 Å². The number of rotatable bonds is 2. The third-order valence-corrected chi connectivity index (χ3v) is 4.03. The van der Waals surface area contributed by atoms with Crippen LogP contribution in [-0.4, -0.2) is 27.9 Å². The summed E-state index contributed by atoms with van der Waals surface area (Å²) >= 11 is 3.57. The lowest BCUT2D eigenvalue weighted by Crippen LogP contribution is -2.31. The fourth-order valence-corrected chi connectivity index (χ4v) is 3.00. The molecule has 15 heavy (non-hydrogen) atoms. The Morgan fingerprint density at radius 2 is 2.33 bits per heavy atom. The van der Waals surface area contributed by atoms with Crippen LogP contribution in [0.4, 0.5) is 5.82 Å². The van der Waals surface area contributed by atoms with Crippen LogP contribution in [0.3, 0.4) is 0 Å². The van der Waals surface area contributed by atoms with E-state index in [0.29, 0.717) is 6.04 Å². The second kappa shape index (κ2) is 4.47. The van der Waals surface area contributed by atoms with Crippen molar-refractivity contribution in [2.24, 2.45) is 5.92 Å². The number of aromatic nitrogens is 2. The van der Waals surface area contributed by atoms with Crippen LogP contribution in [0.15, 0.2) is 12.4 Å². The lowest BCUT2D eigenvalue weighted by atomic mass is 10.1. The highest BCUT2D eigenvalue weighted by molar-refractivity contribution is 9.09. The Hall–Kier alpha value is -0.640. The minimum atomic E-state index is 0.568. The zero-order valence-corrected chi connectivity index (χ0v) is 10.7. The molecule has 3 nitrogen and oxygen atoms in total. The predicted octanol–water partition coefficient (Wildman–Crippen LogP) is 2.39. The van der Waals surface area contributed by atoms with Gasteiger partial charge in [0.1, 0.15) is 12.1 Å². The Kier molecular flexibility index (Phi) is 3.24. The number of hydrogen-bond donors (Lipinski definition) is 0. The minimum Gasteiger partial charge on any atom is -0.353 e. The third-order valence-electron chi connectivity index (χ3n) is 3.20. The Bertz CT molecular complexity index is 342. The van der Waals surface area contributed by atoms with Crippen molar-refractivity contribution in [2.45, 2.75) is 26.3 Å². The highest BCUT2D eigenvalue weighted by Gasteiger charge is 2.30. The fraction of sp³-hybridized carbons (Fsp3) is 0.636.